The van der Waals surface area contributed by atoms with Crippen LogP contribution >= 0.6 is 23.2 Å². The Balaban J connectivity index is 3.02. The number of rotatable bonds is 1. The summed E-state index contributed by atoms with van der Waals surface area (Å²) < 4.78 is 0. The molecule has 74 valence electrons. The zero-order valence-electron chi connectivity index (χ0n) is 7.90. The van der Waals surface area contributed by atoms with Gasteiger partial charge in [0.25, 0.3) is 0 Å². The van der Waals surface area contributed by atoms with Gasteiger partial charge in [-0.3, -0.25) is 0 Å². The molecule has 0 aromatic heterocycles. The summed E-state index contributed by atoms with van der Waals surface area (Å²) in [5.41, 5.74) is 8.07. The molecule has 0 radical (unpaired) electrons. The Labute approximate surface area is 94.2 Å². The van der Waals surface area contributed by atoms with Gasteiger partial charge in [0.1, 0.15) is 0 Å². The highest BCUT2D eigenvalue weighted by molar-refractivity contribution is 6.32. The molecule has 2 N–H and O–H groups in total. The summed E-state index contributed by atoms with van der Waals surface area (Å²) >= 11 is 11.6. The highest BCUT2D eigenvalue weighted by Gasteiger charge is 2.03. The molecular formula is C11H11Cl2N. The molecule has 3 heteroatoms. The third-order valence-corrected chi connectivity index (χ3v) is 2.55. The average Bonchev–Trinajstić information content (AvgIpc) is 2.18. The first-order valence-electron chi connectivity index (χ1n) is 4.26. The molecule has 1 aromatic rings. The molecule has 1 nitrogen and oxygen atoms in total. The van der Waals surface area contributed by atoms with Crippen molar-refractivity contribution < 1.29 is 0 Å². The summed E-state index contributed by atoms with van der Waals surface area (Å²) in [6, 6.07) is 3.64. The molecular weight excluding hydrogens is 217 g/mol. The Morgan fingerprint density at radius 1 is 1.43 bits per heavy atom. The summed E-state index contributed by atoms with van der Waals surface area (Å²) in [7, 11) is 0. The third-order valence-electron chi connectivity index (χ3n) is 1.87. The standard InChI is InChI=1S/C11H11Cl2N/c1-8-10(14)6-5-9(11(8)13)4-2-3-7-12/h5-6H,3,7,14H2,1H3. The normalized spacial score (nSPS) is 9.36. The molecule has 0 fully saturated rings. The second-order valence-corrected chi connectivity index (χ2v) is 3.64. The maximum absolute atomic E-state index is 6.06. The van der Waals surface area contributed by atoms with Crippen molar-refractivity contribution in [2.24, 2.45) is 0 Å². The van der Waals surface area contributed by atoms with E-state index in [0.717, 1.165) is 11.1 Å². The van der Waals surface area contributed by atoms with Gasteiger partial charge in [0.15, 0.2) is 0 Å². The second-order valence-electron chi connectivity index (χ2n) is 2.88. The minimum Gasteiger partial charge on any atom is -0.398 e. The van der Waals surface area contributed by atoms with E-state index >= 15 is 0 Å². The van der Waals surface area contributed by atoms with Crippen LogP contribution in [0.15, 0.2) is 12.1 Å². The largest absolute Gasteiger partial charge is 0.398 e. The van der Waals surface area contributed by atoms with E-state index < -0.39 is 0 Å². The Kier molecular flexibility index (Phi) is 4.13. The van der Waals surface area contributed by atoms with E-state index in [-0.39, 0.29) is 0 Å². The topological polar surface area (TPSA) is 26.0 Å². The zero-order valence-corrected chi connectivity index (χ0v) is 9.41. The number of nitrogens with two attached hydrogens (primary N) is 1. The SMILES string of the molecule is Cc1c(N)ccc(C#CCCCl)c1Cl. The molecule has 14 heavy (non-hydrogen) atoms. The second kappa shape index (κ2) is 5.14. The highest BCUT2D eigenvalue weighted by atomic mass is 35.5. The van der Waals surface area contributed by atoms with Crippen LogP contribution in [0.25, 0.3) is 0 Å². The molecule has 0 atom stereocenters. The molecule has 0 saturated carbocycles. The summed E-state index contributed by atoms with van der Waals surface area (Å²) in [5.74, 6) is 6.43. The molecule has 1 rings (SSSR count). The number of benzene rings is 1. The van der Waals surface area contributed by atoms with Crippen molar-refractivity contribution >= 4 is 28.9 Å². The van der Waals surface area contributed by atoms with E-state index in [4.69, 9.17) is 28.9 Å². The maximum atomic E-state index is 6.06. The monoisotopic (exact) mass is 227 g/mol. The maximum Gasteiger partial charge on any atom is 0.0612 e. The average molecular weight is 228 g/mol. The lowest BCUT2D eigenvalue weighted by Gasteiger charge is -2.03. The smallest absolute Gasteiger partial charge is 0.0612 e. The Bertz CT molecular complexity index is 388. The van der Waals surface area contributed by atoms with Crippen LogP contribution in [-0.4, -0.2) is 5.88 Å². The predicted molar refractivity (Wildman–Crippen MR) is 62.8 cm³/mol. The fraction of sp³-hybridized carbons (Fsp3) is 0.273. The summed E-state index contributed by atoms with van der Waals surface area (Å²) in [6.45, 7) is 1.88. The van der Waals surface area contributed by atoms with Crippen molar-refractivity contribution in [1.29, 1.82) is 0 Å². The predicted octanol–water partition coefficient (Wildman–Crippen LogP) is 3.21. The molecule has 0 heterocycles. The summed E-state index contributed by atoms with van der Waals surface area (Å²) in [6.07, 6.45) is 0.668. The van der Waals surface area contributed by atoms with E-state index in [0.29, 0.717) is 23.0 Å². The number of alkyl halides is 1. The van der Waals surface area contributed by atoms with Gasteiger partial charge < -0.3 is 5.73 Å². The van der Waals surface area contributed by atoms with Crippen LogP contribution in [0.5, 0.6) is 0 Å². The molecule has 1 aromatic carbocycles. The van der Waals surface area contributed by atoms with Crippen LogP contribution in [0.2, 0.25) is 5.02 Å². The molecule has 0 aliphatic rings. The Morgan fingerprint density at radius 2 is 2.14 bits per heavy atom. The van der Waals surface area contributed by atoms with Gasteiger partial charge in [-0.1, -0.05) is 23.4 Å². The number of halogens is 2. The van der Waals surface area contributed by atoms with Gasteiger partial charge in [-0.05, 0) is 24.6 Å². The van der Waals surface area contributed by atoms with Gasteiger partial charge in [0, 0.05) is 23.6 Å². The quantitative estimate of drug-likeness (QED) is 0.445. The molecule has 0 spiro atoms. The first-order chi connectivity index (χ1) is 6.66. The van der Waals surface area contributed by atoms with Crippen LogP contribution in [0, 0.1) is 18.8 Å². The minimum absolute atomic E-state index is 0.540. The van der Waals surface area contributed by atoms with Gasteiger partial charge in [0.2, 0.25) is 0 Å². The van der Waals surface area contributed by atoms with E-state index in [1.807, 2.05) is 19.1 Å². The van der Waals surface area contributed by atoms with Crippen molar-refractivity contribution in [2.45, 2.75) is 13.3 Å². The van der Waals surface area contributed by atoms with Crippen LogP contribution in [0.1, 0.15) is 17.5 Å². The van der Waals surface area contributed by atoms with E-state index in [9.17, 15) is 0 Å². The van der Waals surface area contributed by atoms with Gasteiger partial charge in [-0.2, -0.15) is 0 Å². The van der Waals surface area contributed by atoms with Gasteiger partial charge >= 0.3 is 0 Å². The van der Waals surface area contributed by atoms with Crippen molar-refractivity contribution in [3.63, 3.8) is 0 Å². The van der Waals surface area contributed by atoms with Gasteiger partial charge in [0.05, 0.1) is 5.02 Å². The number of nitrogen functional groups attached to an aromatic ring is 1. The van der Waals surface area contributed by atoms with Crippen molar-refractivity contribution in [3.8, 4) is 11.8 Å². The van der Waals surface area contributed by atoms with Crippen molar-refractivity contribution in [2.75, 3.05) is 11.6 Å². The van der Waals surface area contributed by atoms with E-state index in [1.165, 1.54) is 0 Å². The van der Waals surface area contributed by atoms with Crippen molar-refractivity contribution in [1.82, 2.24) is 0 Å². The molecule has 0 aliphatic heterocycles. The third kappa shape index (κ3) is 2.57. The molecule has 0 amide bonds. The van der Waals surface area contributed by atoms with Crippen LogP contribution in [0.4, 0.5) is 5.69 Å². The van der Waals surface area contributed by atoms with Crippen molar-refractivity contribution in [3.05, 3.63) is 28.3 Å². The lowest BCUT2D eigenvalue weighted by atomic mass is 10.1. The van der Waals surface area contributed by atoms with Gasteiger partial charge in [-0.15, -0.1) is 11.6 Å². The zero-order chi connectivity index (χ0) is 10.6. The lowest BCUT2D eigenvalue weighted by molar-refractivity contribution is 1.29. The molecule has 0 bridgehead atoms. The first kappa shape index (κ1) is 11.2. The molecule has 0 saturated heterocycles. The number of hydrogen-bond donors (Lipinski definition) is 1. The summed E-state index contributed by atoms with van der Waals surface area (Å²) in [5, 5.41) is 0.632. The van der Waals surface area contributed by atoms with Gasteiger partial charge in [-0.25, -0.2) is 0 Å². The minimum atomic E-state index is 0.540. The molecule has 0 aliphatic carbocycles. The molecule has 0 unspecified atom stereocenters. The Morgan fingerprint density at radius 3 is 2.79 bits per heavy atom. The highest BCUT2D eigenvalue weighted by Crippen LogP contribution is 2.24. The van der Waals surface area contributed by atoms with E-state index in [2.05, 4.69) is 11.8 Å². The van der Waals surface area contributed by atoms with Crippen LogP contribution in [0.3, 0.4) is 0 Å². The van der Waals surface area contributed by atoms with E-state index in [1.54, 1.807) is 0 Å². The fourth-order valence-electron chi connectivity index (χ4n) is 1.00. The Hall–Kier alpha value is -0.840. The summed E-state index contributed by atoms with van der Waals surface area (Å²) in [4.78, 5) is 0. The first-order valence-corrected chi connectivity index (χ1v) is 5.17. The fourth-order valence-corrected chi connectivity index (χ4v) is 1.32. The number of anilines is 1. The van der Waals surface area contributed by atoms with Crippen LogP contribution in [-0.2, 0) is 0 Å². The van der Waals surface area contributed by atoms with Crippen LogP contribution < -0.4 is 5.73 Å². The number of hydrogen-bond acceptors (Lipinski definition) is 1. The lowest BCUT2D eigenvalue weighted by Crippen LogP contribution is -1.91.